The quantitative estimate of drug-likeness (QED) is 0.777. The number of aromatic nitrogens is 2. The van der Waals surface area contributed by atoms with Crippen LogP contribution in [0.4, 0.5) is 5.69 Å². The molecule has 1 aliphatic heterocycles. The summed E-state index contributed by atoms with van der Waals surface area (Å²) in [5.74, 6) is 2.45. The number of fused-ring (bicyclic) bond motifs is 1. The predicted octanol–water partition coefficient (Wildman–Crippen LogP) is 3.77. The van der Waals surface area contributed by atoms with Crippen LogP contribution in [0.1, 0.15) is 5.89 Å². The Hall–Kier alpha value is -2.73. The lowest BCUT2D eigenvalue weighted by Crippen LogP contribution is -2.16. The molecule has 7 heteroatoms. The topological polar surface area (TPSA) is 69.4 Å². The molecule has 0 saturated carbocycles. The molecule has 0 radical (unpaired) electrons. The summed E-state index contributed by atoms with van der Waals surface area (Å²) in [6.07, 6.45) is 0. The fraction of sp³-hybridized carbons (Fsp3) is 0.176. The van der Waals surface area contributed by atoms with E-state index in [1.807, 2.05) is 30.3 Å². The number of anilines is 1. The molecule has 1 aromatic heterocycles. The van der Waals surface area contributed by atoms with E-state index >= 15 is 0 Å². The largest absolute Gasteiger partial charge is 0.486 e. The van der Waals surface area contributed by atoms with Gasteiger partial charge in [0, 0.05) is 10.6 Å². The van der Waals surface area contributed by atoms with Crippen molar-refractivity contribution in [2.45, 2.75) is 6.54 Å². The van der Waals surface area contributed by atoms with Gasteiger partial charge in [-0.05, 0) is 36.4 Å². The molecule has 1 N–H and O–H groups in total. The monoisotopic (exact) mass is 343 g/mol. The number of ether oxygens (including phenoxy) is 2. The highest BCUT2D eigenvalue weighted by atomic mass is 35.5. The van der Waals surface area contributed by atoms with Gasteiger partial charge < -0.3 is 19.3 Å². The molecule has 2 heterocycles. The maximum Gasteiger partial charge on any atom is 0.246 e. The zero-order valence-corrected chi connectivity index (χ0v) is 13.4. The van der Waals surface area contributed by atoms with E-state index in [1.165, 1.54) is 0 Å². The van der Waals surface area contributed by atoms with Crippen molar-refractivity contribution in [2.75, 3.05) is 18.5 Å². The molecule has 0 bridgehead atoms. The number of halogens is 1. The minimum absolute atomic E-state index is 0.389. The summed E-state index contributed by atoms with van der Waals surface area (Å²) in [6, 6.07) is 13.0. The van der Waals surface area contributed by atoms with E-state index in [0.717, 1.165) is 17.0 Å². The number of para-hydroxylation sites is 1. The van der Waals surface area contributed by atoms with Gasteiger partial charge in [0.25, 0.3) is 0 Å². The maximum atomic E-state index is 5.88. The summed E-state index contributed by atoms with van der Waals surface area (Å²) in [5, 5.41) is 7.90. The molecule has 4 rings (SSSR count). The van der Waals surface area contributed by atoms with Crippen molar-refractivity contribution >= 4 is 17.3 Å². The third kappa shape index (κ3) is 3.00. The van der Waals surface area contributed by atoms with Crippen LogP contribution in [0, 0.1) is 0 Å². The zero-order valence-electron chi connectivity index (χ0n) is 12.7. The van der Waals surface area contributed by atoms with Crippen molar-refractivity contribution in [3.8, 4) is 22.9 Å². The Morgan fingerprint density at radius 3 is 2.75 bits per heavy atom. The summed E-state index contributed by atoms with van der Waals surface area (Å²) in [4.78, 5) is 4.38. The highest BCUT2D eigenvalue weighted by molar-refractivity contribution is 6.30. The van der Waals surface area contributed by atoms with Crippen molar-refractivity contribution in [1.82, 2.24) is 10.1 Å². The molecule has 122 valence electrons. The second-order valence-corrected chi connectivity index (χ2v) is 5.64. The van der Waals surface area contributed by atoms with Crippen molar-refractivity contribution in [1.29, 1.82) is 0 Å². The van der Waals surface area contributed by atoms with E-state index in [4.69, 9.17) is 25.6 Å². The normalized spacial score (nSPS) is 12.9. The molecule has 0 atom stereocenters. The molecule has 1 aliphatic rings. The molecule has 0 amide bonds. The number of nitrogens with one attached hydrogen (secondary N) is 1. The van der Waals surface area contributed by atoms with Crippen LogP contribution in [0.2, 0.25) is 5.02 Å². The van der Waals surface area contributed by atoms with Gasteiger partial charge in [-0.3, -0.25) is 0 Å². The first kappa shape index (κ1) is 14.8. The van der Waals surface area contributed by atoms with Gasteiger partial charge in [0.2, 0.25) is 11.7 Å². The van der Waals surface area contributed by atoms with Gasteiger partial charge in [-0.15, -0.1) is 0 Å². The Labute approximate surface area is 143 Å². The third-order valence-electron chi connectivity index (χ3n) is 3.57. The van der Waals surface area contributed by atoms with E-state index in [2.05, 4.69) is 15.5 Å². The summed E-state index contributed by atoms with van der Waals surface area (Å²) >= 11 is 5.88. The van der Waals surface area contributed by atoms with Gasteiger partial charge in [-0.2, -0.15) is 4.98 Å². The van der Waals surface area contributed by atoms with Crippen LogP contribution in [0.3, 0.4) is 0 Å². The lowest BCUT2D eigenvalue weighted by molar-refractivity contribution is 0.172. The number of rotatable bonds is 4. The fourth-order valence-electron chi connectivity index (χ4n) is 2.43. The van der Waals surface area contributed by atoms with Crippen molar-refractivity contribution in [3.63, 3.8) is 0 Å². The molecule has 0 saturated heterocycles. The molecule has 0 fully saturated rings. The smallest absolute Gasteiger partial charge is 0.246 e. The summed E-state index contributed by atoms with van der Waals surface area (Å²) in [5.41, 5.74) is 1.68. The van der Waals surface area contributed by atoms with Gasteiger partial charge in [-0.25, -0.2) is 0 Å². The number of nitrogens with zero attached hydrogens (tertiary/aromatic N) is 2. The molecule has 0 aliphatic carbocycles. The standard InChI is InChI=1S/C17H14ClN3O3/c18-12-6-4-11(5-7-12)17-20-15(24-21-17)10-19-13-2-1-3-14-16(13)23-9-8-22-14/h1-7,19H,8-10H2. The van der Waals surface area contributed by atoms with E-state index in [9.17, 15) is 0 Å². The Balaban J connectivity index is 1.48. The van der Waals surface area contributed by atoms with E-state index < -0.39 is 0 Å². The first-order valence-electron chi connectivity index (χ1n) is 7.50. The minimum atomic E-state index is 0.389. The summed E-state index contributed by atoms with van der Waals surface area (Å²) < 4.78 is 16.5. The Morgan fingerprint density at radius 1 is 1.04 bits per heavy atom. The second-order valence-electron chi connectivity index (χ2n) is 5.20. The second kappa shape index (κ2) is 6.41. The van der Waals surface area contributed by atoms with Crippen LogP contribution in [0.5, 0.6) is 11.5 Å². The van der Waals surface area contributed by atoms with E-state index in [-0.39, 0.29) is 0 Å². The Morgan fingerprint density at radius 2 is 1.88 bits per heavy atom. The lowest BCUT2D eigenvalue weighted by atomic mass is 10.2. The molecule has 0 unspecified atom stereocenters. The van der Waals surface area contributed by atoms with Crippen molar-refractivity contribution in [3.05, 3.63) is 53.4 Å². The van der Waals surface area contributed by atoms with E-state index in [1.54, 1.807) is 12.1 Å². The molecular weight excluding hydrogens is 330 g/mol. The highest BCUT2D eigenvalue weighted by Gasteiger charge is 2.16. The first-order chi connectivity index (χ1) is 11.8. The maximum absolute atomic E-state index is 5.88. The zero-order chi connectivity index (χ0) is 16.4. The number of hydrogen-bond acceptors (Lipinski definition) is 6. The number of benzene rings is 2. The molecule has 0 spiro atoms. The van der Waals surface area contributed by atoms with Gasteiger partial charge in [0.15, 0.2) is 11.5 Å². The number of hydrogen-bond donors (Lipinski definition) is 1. The van der Waals surface area contributed by atoms with Crippen LogP contribution >= 0.6 is 11.6 Å². The molecule has 3 aromatic rings. The molecular formula is C17H14ClN3O3. The van der Waals surface area contributed by atoms with Crippen LogP contribution in [0.25, 0.3) is 11.4 Å². The van der Waals surface area contributed by atoms with Gasteiger partial charge in [0.1, 0.15) is 13.2 Å². The van der Waals surface area contributed by atoms with Gasteiger partial charge in [-0.1, -0.05) is 22.8 Å². The third-order valence-corrected chi connectivity index (χ3v) is 3.82. The van der Waals surface area contributed by atoms with Crippen LogP contribution < -0.4 is 14.8 Å². The van der Waals surface area contributed by atoms with Gasteiger partial charge >= 0.3 is 0 Å². The average Bonchev–Trinajstić information content (AvgIpc) is 3.09. The summed E-state index contributed by atoms with van der Waals surface area (Å²) in [7, 11) is 0. The van der Waals surface area contributed by atoms with Crippen LogP contribution in [-0.4, -0.2) is 23.4 Å². The fourth-order valence-corrected chi connectivity index (χ4v) is 2.55. The predicted molar refractivity (Wildman–Crippen MR) is 89.5 cm³/mol. The van der Waals surface area contributed by atoms with Crippen molar-refractivity contribution in [2.24, 2.45) is 0 Å². The first-order valence-corrected chi connectivity index (χ1v) is 7.88. The Kier molecular flexibility index (Phi) is 3.96. The average molecular weight is 344 g/mol. The highest BCUT2D eigenvalue weighted by Crippen LogP contribution is 2.37. The molecule has 2 aromatic carbocycles. The summed E-state index contributed by atoms with van der Waals surface area (Å²) in [6.45, 7) is 1.48. The van der Waals surface area contributed by atoms with Gasteiger partial charge in [0.05, 0.1) is 12.2 Å². The minimum Gasteiger partial charge on any atom is -0.486 e. The molecule has 6 nitrogen and oxygen atoms in total. The van der Waals surface area contributed by atoms with Crippen molar-refractivity contribution < 1.29 is 14.0 Å². The van der Waals surface area contributed by atoms with E-state index in [0.29, 0.717) is 42.2 Å². The lowest BCUT2D eigenvalue weighted by Gasteiger charge is -2.21. The Bertz CT molecular complexity index is 849. The molecule has 24 heavy (non-hydrogen) atoms. The van der Waals surface area contributed by atoms with Crippen LogP contribution in [0.15, 0.2) is 47.0 Å². The van der Waals surface area contributed by atoms with Crippen LogP contribution in [-0.2, 0) is 6.54 Å². The SMILES string of the molecule is Clc1ccc(-c2noc(CNc3cccc4c3OCCO4)n2)cc1.